The number of nitriles is 1. The molecule has 1 N–H and O–H groups in total. The molecule has 11 heteroatoms. The molecule has 152 valence electrons. The maximum absolute atomic E-state index is 12.3. The molecule has 0 radical (unpaired) electrons. The number of oxazole rings is 1. The highest BCUT2D eigenvalue weighted by molar-refractivity contribution is 6.44. The van der Waals surface area contributed by atoms with Gasteiger partial charge in [-0.3, -0.25) is 4.90 Å². The number of benzene rings is 1. The largest absolute Gasteiger partial charge is 0.418 e. The summed E-state index contributed by atoms with van der Waals surface area (Å²) in [6.45, 7) is 1.33. The topological polar surface area (TPSA) is 85.4 Å². The second-order valence-electron chi connectivity index (χ2n) is 5.98. The number of carbonyl (C=O) groups excluding carboxylic acids is 1. The second-order valence-corrected chi connectivity index (χ2v) is 7.20. The number of carbonyl (C=O) groups is 1. The molecule has 0 spiro atoms. The number of anilines is 1. The van der Waals surface area contributed by atoms with Gasteiger partial charge in [0.2, 0.25) is 17.5 Å². The number of nitrogens with zero attached hydrogens (tertiary/aromatic N) is 4. The van der Waals surface area contributed by atoms with Crippen molar-refractivity contribution >= 4 is 59.1 Å². The summed E-state index contributed by atoms with van der Waals surface area (Å²) in [4.78, 5) is 19.6. The van der Waals surface area contributed by atoms with Crippen molar-refractivity contribution in [3.8, 4) is 17.5 Å². The summed E-state index contributed by atoms with van der Waals surface area (Å²) in [6.07, 6.45) is 0.788. The SMILES string of the molecule is CN(C)CCCNC(=O)N(C)c1oc(-c2cc(Cl)cc(Cl)c2Cl)nc1C#N.Cl. The van der Waals surface area contributed by atoms with Crippen molar-refractivity contribution in [2.75, 3.05) is 39.1 Å². The Morgan fingerprint density at radius 2 is 1.96 bits per heavy atom. The van der Waals surface area contributed by atoms with Crippen molar-refractivity contribution in [2.45, 2.75) is 6.42 Å². The lowest BCUT2D eigenvalue weighted by molar-refractivity contribution is 0.246. The van der Waals surface area contributed by atoms with Crippen LogP contribution in [0.3, 0.4) is 0 Å². The van der Waals surface area contributed by atoms with Gasteiger partial charge in [0.1, 0.15) is 6.07 Å². The zero-order valence-corrected chi connectivity index (χ0v) is 18.5. The third kappa shape index (κ3) is 5.90. The molecule has 0 aliphatic heterocycles. The van der Waals surface area contributed by atoms with E-state index in [0.29, 0.717) is 17.1 Å². The number of hydrogen-bond donors (Lipinski definition) is 1. The van der Waals surface area contributed by atoms with E-state index in [1.165, 1.54) is 24.1 Å². The summed E-state index contributed by atoms with van der Waals surface area (Å²) in [6, 6.07) is 4.50. The van der Waals surface area contributed by atoms with Gasteiger partial charge >= 0.3 is 6.03 Å². The maximum Gasteiger partial charge on any atom is 0.324 e. The highest BCUT2D eigenvalue weighted by atomic mass is 35.5. The van der Waals surface area contributed by atoms with Gasteiger partial charge in [0.15, 0.2) is 0 Å². The fourth-order valence-electron chi connectivity index (χ4n) is 2.24. The zero-order chi connectivity index (χ0) is 20.1. The van der Waals surface area contributed by atoms with Gasteiger partial charge in [0, 0.05) is 18.6 Å². The maximum atomic E-state index is 12.3. The first-order valence-electron chi connectivity index (χ1n) is 7.96. The quantitative estimate of drug-likeness (QED) is 0.492. The summed E-state index contributed by atoms with van der Waals surface area (Å²) >= 11 is 18.2. The van der Waals surface area contributed by atoms with Crippen LogP contribution in [0.25, 0.3) is 11.5 Å². The van der Waals surface area contributed by atoms with E-state index in [9.17, 15) is 10.1 Å². The Bertz CT molecular complexity index is 879. The molecule has 0 bridgehead atoms. The van der Waals surface area contributed by atoms with E-state index in [1.54, 1.807) is 0 Å². The lowest BCUT2D eigenvalue weighted by Gasteiger charge is -2.16. The normalized spacial score (nSPS) is 10.4. The molecule has 1 aromatic carbocycles. The Balaban J connectivity index is 0.00000392. The zero-order valence-electron chi connectivity index (χ0n) is 15.4. The first-order valence-corrected chi connectivity index (χ1v) is 9.10. The van der Waals surface area contributed by atoms with Crippen molar-refractivity contribution in [1.82, 2.24) is 15.2 Å². The van der Waals surface area contributed by atoms with Crippen molar-refractivity contribution in [3.05, 3.63) is 32.9 Å². The van der Waals surface area contributed by atoms with Crippen LogP contribution in [0.2, 0.25) is 15.1 Å². The molecule has 0 aliphatic rings. The Kier molecular flexibility index (Phi) is 9.34. The van der Waals surface area contributed by atoms with E-state index in [1.807, 2.05) is 25.1 Å². The number of hydrogen-bond acceptors (Lipinski definition) is 5. The van der Waals surface area contributed by atoms with E-state index in [0.717, 1.165) is 13.0 Å². The van der Waals surface area contributed by atoms with Gasteiger partial charge in [-0.15, -0.1) is 12.4 Å². The van der Waals surface area contributed by atoms with E-state index in [4.69, 9.17) is 39.2 Å². The molecule has 2 amide bonds. The van der Waals surface area contributed by atoms with Gasteiger partial charge in [-0.1, -0.05) is 34.8 Å². The number of nitrogens with one attached hydrogen (secondary N) is 1. The fraction of sp³-hybridized carbons (Fsp3) is 0.353. The number of aromatic nitrogens is 1. The lowest BCUT2D eigenvalue weighted by atomic mass is 10.2. The second kappa shape index (κ2) is 10.7. The molecule has 0 saturated carbocycles. The summed E-state index contributed by atoms with van der Waals surface area (Å²) < 4.78 is 5.63. The van der Waals surface area contributed by atoms with Crippen molar-refractivity contribution in [3.63, 3.8) is 0 Å². The minimum atomic E-state index is -0.414. The average molecular weight is 467 g/mol. The monoisotopic (exact) mass is 465 g/mol. The van der Waals surface area contributed by atoms with Gasteiger partial charge in [-0.25, -0.2) is 4.79 Å². The van der Waals surface area contributed by atoms with Crippen LogP contribution in [0.4, 0.5) is 10.7 Å². The first-order chi connectivity index (χ1) is 12.7. The van der Waals surface area contributed by atoms with Gasteiger partial charge in [-0.05, 0) is 39.2 Å². The fourth-order valence-corrected chi connectivity index (χ4v) is 2.92. The van der Waals surface area contributed by atoms with Crippen LogP contribution >= 0.6 is 47.2 Å². The highest BCUT2D eigenvalue weighted by Crippen LogP contribution is 2.38. The van der Waals surface area contributed by atoms with E-state index < -0.39 is 6.03 Å². The van der Waals surface area contributed by atoms with Crippen LogP contribution < -0.4 is 10.2 Å². The molecule has 2 aromatic rings. The molecule has 28 heavy (non-hydrogen) atoms. The smallest absolute Gasteiger partial charge is 0.324 e. The Morgan fingerprint density at radius 1 is 1.29 bits per heavy atom. The third-order valence-electron chi connectivity index (χ3n) is 3.61. The Labute approximate surface area is 184 Å². The molecule has 0 fully saturated rings. The minimum Gasteiger partial charge on any atom is -0.418 e. The van der Waals surface area contributed by atoms with Crippen molar-refractivity contribution in [1.29, 1.82) is 5.26 Å². The van der Waals surface area contributed by atoms with Gasteiger partial charge < -0.3 is 14.6 Å². The van der Waals surface area contributed by atoms with Crippen LogP contribution in [-0.4, -0.2) is 50.1 Å². The minimum absolute atomic E-state index is 0. The summed E-state index contributed by atoms with van der Waals surface area (Å²) in [5.74, 6) is 0.0491. The molecular formula is C17H19Cl4N5O2. The van der Waals surface area contributed by atoms with E-state index in [-0.39, 0.29) is 39.9 Å². The first kappa shape index (κ1) is 24.3. The van der Waals surface area contributed by atoms with Crippen LogP contribution in [0.15, 0.2) is 16.5 Å². The Morgan fingerprint density at radius 3 is 2.57 bits per heavy atom. The van der Waals surface area contributed by atoms with Crippen LogP contribution in [0.5, 0.6) is 0 Å². The van der Waals surface area contributed by atoms with Crippen LogP contribution in [0, 0.1) is 11.3 Å². The van der Waals surface area contributed by atoms with Gasteiger partial charge in [-0.2, -0.15) is 10.2 Å². The summed E-state index contributed by atoms with van der Waals surface area (Å²) in [7, 11) is 5.39. The molecule has 0 atom stereocenters. The molecule has 0 saturated heterocycles. The van der Waals surface area contributed by atoms with Crippen LogP contribution in [0.1, 0.15) is 12.1 Å². The molecule has 2 rings (SSSR count). The molecule has 0 unspecified atom stereocenters. The lowest BCUT2D eigenvalue weighted by Crippen LogP contribution is -2.38. The number of halogens is 4. The third-order valence-corrected chi connectivity index (χ3v) is 4.63. The number of rotatable bonds is 6. The molecule has 1 heterocycles. The number of urea groups is 1. The van der Waals surface area contributed by atoms with E-state index in [2.05, 4.69) is 10.3 Å². The number of amides is 2. The van der Waals surface area contributed by atoms with Crippen molar-refractivity contribution in [2.24, 2.45) is 0 Å². The van der Waals surface area contributed by atoms with Crippen molar-refractivity contribution < 1.29 is 9.21 Å². The standard InChI is InChI=1S/C17H18Cl3N5O2.ClH/c1-24(2)6-4-5-22-17(26)25(3)16-13(9-21)23-15(27-16)11-7-10(18)8-12(19)14(11)20;/h7-8H,4-6H2,1-3H3,(H,22,26);1H. The molecule has 7 nitrogen and oxygen atoms in total. The predicted octanol–water partition coefficient (Wildman–Crippen LogP) is 4.69. The Hall–Kier alpha value is -1.69. The summed E-state index contributed by atoms with van der Waals surface area (Å²) in [5, 5.41) is 12.9. The molecule has 1 aromatic heterocycles. The molecule has 0 aliphatic carbocycles. The van der Waals surface area contributed by atoms with Gasteiger partial charge in [0.25, 0.3) is 0 Å². The van der Waals surface area contributed by atoms with Crippen LogP contribution in [-0.2, 0) is 0 Å². The highest BCUT2D eigenvalue weighted by Gasteiger charge is 2.24. The average Bonchev–Trinajstić information content (AvgIpc) is 3.04. The molecular weight excluding hydrogens is 448 g/mol. The van der Waals surface area contributed by atoms with E-state index >= 15 is 0 Å². The predicted molar refractivity (Wildman–Crippen MR) is 114 cm³/mol. The summed E-state index contributed by atoms with van der Waals surface area (Å²) in [5.41, 5.74) is 0.278. The van der Waals surface area contributed by atoms with Gasteiger partial charge in [0.05, 0.1) is 15.6 Å².